The summed E-state index contributed by atoms with van der Waals surface area (Å²) in [5.41, 5.74) is 1.31. The second-order valence-electron chi connectivity index (χ2n) is 6.06. The first-order valence-corrected chi connectivity index (χ1v) is 8.48. The van der Waals surface area contributed by atoms with E-state index in [9.17, 15) is 14.7 Å². The largest absolute Gasteiger partial charge is 0.493 e. The first kappa shape index (κ1) is 18.7. The fourth-order valence-electron chi connectivity index (χ4n) is 3.15. The molecule has 3 rings (SSSR count). The van der Waals surface area contributed by atoms with Crippen LogP contribution in [0, 0.1) is 0 Å². The monoisotopic (exact) mass is 371 g/mol. The van der Waals surface area contributed by atoms with Crippen molar-refractivity contribution in [3.8, 4) is 11.5 Å². The second kappa shape index (κ2) is 8.09. The number of benzene rings is 2. The third-order valence-corrected chi connectivity index (χ3v) is 4.59. The van der Waals surface area contributed by atoms with Gasteiger partial charge in [-0.25, -0.2) is 9.69 Å². The molecule has 2 amide bonds. The van der Waals surface area contributed by atoms with Crippen LogP contribution in [0.4, 0.5) is 4.79 Å². The van der Waals surface area contributed by atoms with Crippen molar-refractivity contribution in [1.82, 2.24) is 4.90 Å². The van der Waals surface area contributed by atoms with Crippen LogP contribution in [0.3, 0.4) is 0 Å². The molecule has 0 radical (unpaired) electrons. The third kappa shape index (κ3) is 3.59. The van der Waals surface area contributed by atoms with Gasteiger partial charge in [0, 0.05) is 0 Å². The summed E-state index contributed by atoms with van der Waals surface area (Å²) in [4.78, 5) is 26.4. The highest BCUT2D eigenvalue weighted by Crippen LogP contribution is 2.34. The van der Waals surface area contributed by atoms with Crippen LogP contribution in [0.25, 0.3) is 0 Å². The zero-order chi connectivity index (χ0) is 19.4. The highest BCUT2D eigenvalue weighted by molar-refractivity contribution is 5.97. The number of ether oxygens (including phenoxy) is 3. The van der Waals surface area contributed by atoms with Gasteiger partial charge in [-0.05, 0) is 23.3 Å². The van der Waals surface area contributed by atoms with E-state index in [4.69, 9.17) is 14.2 Å². The third-order valence-electron chi connectivity index (χ3n) is 4.59. The highest BCUT2D eigenvalue weighted by Gasteiger charge is 2.42. The Balaban J connectivity index is 1.93. The van der Waals surface area contributed by atoms with E-state index in [1.54, 1.807) is 18.2 Å². The van der Waals surface area contributed by atoms with E-state index in [0.29, 0.717) is 17.1 Å². The minimum absolute atomic E-state index is 0.0820. The van der Waals surface area contributed by atoms with Gasteiger partial charge in [-0.3, -0.25) is 4.79 Å². The van der Waals surface area contributed by atoms with Crippen molar-refractivity contribution < 1.29 is 28.9 Å². The molecular weight excluding hydrogens is 350 g/mol. The van der Waals surface area contributed by atoms with Crippen LogP contribution < -0.4 is 9.47 Å². The van der Waals surface area contributed by atoms with Crippen LogP contribution in [0.2, 0.25) is 0 Å². The Morgan fingerprint density at radius 2 is 1.89 bits per heavy atom. The Kier molecular flexibility index (Phi) is 5.61. The lowest BCUT2D eigenvalue weighted by Crippen LogP contribution is -2.38. The lowest BCUT2D eigenvalue weighted by atomic mass is 9.96. The molecule has 2 aromatic carbocycles. The maximum Gasteiger partial charge on any atom is 0.417 e. The van der Waals surface area contributed by atoms with Crippen molar-refractivity contribution in [2.24, 2.45) is 0 Å². The van der Waals surface area contributed by atoms with E-state index in [0.717, 1.165) is 10.5 Å². The van der Waals surface area contributed by atoms with Crippen LogP contribution in [0.1, 0.15) is 23.1 Å². The van der Waals surface area contributed by atoms with Crippen LogP contribution in [0.5, 0.6) is 11.5 Å². The molecule has 7 heteroatoms. The Bertz CT molecular complexity index is 822. The molecule has 1 aliphatic rings. The van der Waals surface area contributed by atoms with Gasteiger partial charge >= 0.3 is 6.09 Å². The maximum absolute atomic E-state index is 13.1. The predicted molar refractivity (Wildman–Crippen MR) is 96.7 cm³/mol. The normalized spacial score (nSPS) is 17.4. The van der Waals surface area contributed by atoms with Crippen molar-refractivity contribution in [2.75, 3.05) is 27.4 Å². The molecule has 1 heterocycles. The van der Waals surface area contributed by atoms with Gasteiger partial charge in [0.1, 0.15) is 12.6 Å². The van der Waals surface area contributed by atoms with Gasteiger partial charge in [0.2, 0.25) is 5.91 Å². The molecule has 1 aliphatic heterocycles. The fourth-order valence-corrected chi connectivity index (χ4v) is 3.15. The molecule has 2 aromatic rings. The smallest absolute Gasteiger partial charge is 0.417 e. The molecule has 7 nitrogen and oxygen atoms in total. The molecule has 2 atom stereocenters. The summed E-state index contributed by atoms with van der Waals surface area (Å²) < 4.78 is 15.6. The molecule has 0 unspecified atom stereocenters. The summed E-state index contributed by atoms with van der Waals surface area (Å²) in [6.45, 7) is -0.377. The summed E-state index contributed by atoms with van der Waals surface area (Å²) in [6.07, 6.45) is -0.715. The van der Waals surface area contributed by atoms with E-state index in [-0.39, 0.29) is 6.61 Å². The Hall–Kier alpha value is -3.06. The number of hydrogen-bond acceptors (Lipinski definition) is 6. The number of nitrogens with zero attached hydrogens (tertiary/aromatic N) is 1. The number of amides is 2. The first-order chi connectivity index (χ1) is 13.1. The summed E-state index contributed by atoms with van der Waals surface area (Å²) >= 11 is 0. The molecule has 1 N–H and O–H groups in total. The lowest BCUT2D eigenvalue weighted by molar-refractivity contribution is -0.131. The van der Waals surface area contributed by atoms with Crippen molar-refractivity contribution in [3.63, 3.8) is 0 Å². The number of rotatable bonds is 6. The second-order valence-corrected chi connectivity index (χ2v) is 6.06. The van der Waals surface area contributed by atoms with Crippen molar-refractivity contribution in [3.05, 3.63) is 59.7 Å². The summed E-state index contributed by atoms with van der Waals surface area (Å²) in [5, 5.41) is 9.87. The van der Waals surface area contributed by atoms with Gasteiger partial charge < -0.3 is 19.3 Å². The molecule has 0 aliphatic carbocycles. The Morgan fingerprint density at radius 3 is 2.52 bits per heavy atom. The van der Waals surface area contributed by atoms with E-state index in [2.05, 4.69) is 0 Å². The average molecular weight is 371 g/mol. The number of carbonyl (C=O) groups is 2. The summed E-state index contributed by atoms with van der Waals surface area (Å²) in [6, 6.07) is 13.6. The molecule has 0 aromatic heterocycles. The minimum atomic E-state index is -0.929. The van der Waals surface area contributed by atoms with E-state index in [1.165, 1.54) is 14.2 Å². The van der Waals surface area contributed by atoms with Crippen LogP contribution >= 0.6 is 0 Å². The molecule has 27 heavy (non-hydrogen) atoms. The topological polar surface area (TPSA) is 85.3 Å². The zero-order valence-electron chi connectivity index (χ0n) is 15.1. The van der Waals surface area contributed by atoms with Gasteiger partial charge in [-0.1, -0.05) is 36.4 Å². The molecule has 0 saturated carbocycles. The number of cyclic esters (lactones) is 1. The van der Waals surface area contributed by atoms with Crippen LogP contribution in [-0.2, 0) is 9.53 Å². The predicted octanol–water partition coefficient (Wildman–Crippen LogP) is 2.50. The standard InChI is InChI=1S/C20H21NO6/c1-25-17-9-8-14(10-18(17)26-2)15(11-22)19(23)21-16(12-27-20(21)24)13-6-4-3-5-7-13/h3-10,15-16,22H,11-12H2,1-2H3/t15-,16+/m1/s1. The Labute approximate surface area is 157 Å². The quantitative estimate of drug-likeness (QED) is 0.840. The molecular formula is C20H21NO6. The number of aliphatic hydroxyl groups excluding tert-OH is 1. The molecule has 0 spiro atoms. The summed E-state index contributed by atoms with van der Waals surface area (Å²) in [7, 11) is 3.00. The molecule has 0 bridgehead atoms. The van der Waals surface area contributed by atoms with E-state index < -0.39 is 30.6 Å². The van der Waals surface area contributed by atoms with Crippen LogP contribution in [0.15, 0.2) is 48.5 Å². The molecule has 1 saturated heterocycles. The van der Waals surface area contributed by atoms with Gasteiger partial charge in [0.15, 0.2) is 11.5 Å². The Morgan fingerprint density at radius 1 is 1.19 bits per heavy atom. The lowest BCUT2D eigenvalue weighted by Gasteiger charge is -2.24. The van der Waals surface area contributed by atoms with Crippen molar-refractivity contribution in [2.45, 2.75) is 12.0 Å². The number of hydrogen-bond donors (Lipinski definition) is 1. The summed E-state index contributed by atoms with van der Waals surface area (Å²) in [5.74, 6) is -0.513. The van der Waals surface area contributed by atoms with Crippen molar-refractivity contribution in [1.29, 1.82) is 0 Å². The first-order valence-electron chi connectivity index (χ1n) is 8.48. The maximum atomic E-state index is 13.1. The SMILES string of the molecule is COc1ccc([C@@H](CO)C(=O)N2C(=O)OC[C@H]2c2ccccc2)cc1OC. The number of aliphatic hydroxyl groups is 1. The van der Waals surface area contributed by atoms with Gasteiger partial charge in [-0.15, -0.1) is 0 Å². The number of imide groups is 1. The minimum Gasteiger partial charge on any atom is -0.493 e. The average Bonchev–Trinajstić information content (AvgIpc) is 3.10. The zero-order valence-corrected chi connectivity index (χ0v) is 15.1. The number of methoxy groups -OCH3 is 2. The van der Waals surface area contributed by atoms with Gasteiger partial charge in [-0.2, -0.15) is 0 Å². The molecule has 1 fully saturated rings. The van der Waals surface area contributed by atoms with E-state index in [1.807, 2.05) is 30.3 Å². The fraction of sp³-hybridized carbons (Fsp3) is 0.300. The molecule has 142 valence electrons. The highest BCUT2D eigenvalue weighted by atomic mass is 16.6. The van der Waals surface area contributed by atoms with Gasteiger partial charge in [0.05, 0.1) is 26.7 Å². The van der Waals surface area contributed by atoms with Crippen LogP contribution in [-0.4, -0.2) is 49.4 Å². The van der Waals surface area contributed by atoms with Crippen molar-refractivity contribution >= 4 is 12.0 Å². The number of carbonyl (C=O) groups excluding carboxylic acids is 2. The van der Waals surface area contributed by atoms with Gasteiger partial charge in [0.25, 0.3) is 0 Å². The van der Waals surface area contributed by atoms with E-state index >= 15 is 0 Å².